The molecule has 3 rings (SSSR count). The molecule has 2 aromatic carbocycles. The number of nitro benzene ring substituents is 1. The van der Waals surface area contributed by atoms with Gasteiger partial charge in [0, 0.05) is 17.8 Å². The fraction of sp³-hybridized carbons (Fsp3) is 0.150. The summed E-state index contributed by atoms with van der Waals surface area (Å²) in [5.41, 5.74) is 0.0428. The number of ether oxygens (including phenoxy) is 2. The third-order valence-corrected chi connectivity index (χ3v) is 5.63. The molecule has 0 aliphatic heterocycles. The summed E-state index contributed by atoms with van der Waals surface area (Å²) >= 11 is 0. The van der Waals surface area contributed by atoms with Gasteiger partial charge in [-0.1, -0.05) is 12.1 Å². The molecular weight excluding hydrogens is 454 g/mol. The van der Waals surface area contributed by atoms with Gasteiger partial charge in [-0.3, -0.25) is 19.6 Å². The maximum Gasteiger partial charge on any atom is 0.310 e. The van der Waals surface area contributed by atoms with Gasteiger partial charge in [-0.2, -0.15) is 0 Å². The number of carbonyl (C=O) groups excluding carboxylic acids is 1. The number of hydrogen-bond donors (Lipinski definition) is 2. The van der Waals surface area contributed by atoms with Crippen molar-refractivity contribution in [3.63, 3.8) is 0 Å². The Balaban J connectivity index is 1.66. The molecule has 1 atom stereocenters. The van der Waals surface area contributed by atoms with Crippen molar-refractivity contribution in [2.75, 3.05) is 17.1 Å². The molecule has 1 unspecified atom stereocenters. The maximum atomic E-state index is 12.6. The highest BCUT2D eigenvalue weighted by Gasteiger charge is 2.21. The quantitative estimate of drug-likeness (QED) is 0.351. The van der Waals surface area contributed by atoms with E-state index in [1.807, 2.05) is 0 Å². The number of benzene rings is 2. The van der Waals surface area contributed by atoms with Crippen LogP contribution in [0.5, 0.6) is 11.6 Å². The number of nitro groups is 1. The van der Waals surface area contributed by atoms with E-state index >= 15 is 0 Å². The van der Waals surface area contributed by atoms with Crippen LogP contribution in [0.25, 0.3) is 0 Å². The fourth-order valence-corrected chi connectivity index (χ4v) is 3.62. The summed E-state index contributed by atoms with van der Waals surface area (Å²) in [6.45, 7) is 1.44. The van der Waals surface area contributed by atoms with Gasteiger partial charge in [-0.05, 0) is 37.3 Å². The van der Waals surface area contributed by atoms with Crippen molar-refractivity contribution in [3.8, 4) is 11.6 Å². The number of nitrogens with zero attached hydrogens (tertiary/aromatic N) is 3. The molecular formula is C20H19N5O7S. The fourth-order valence-electron chi connectivity index (χ4n) is 2.62. The van der Waals surface area contributed by atoms with Crippen LogP contribution in [-0.4, -0.2) is 42.4 Å². The van der Waals surface area contributed by atoms with Crippen molar-refractivity contribution < 1.29 is 27.6 Å². The summed E-state index contributed by atoms with van der Waals surface area (Å²) in [5, 5.41) is 13.6. The van der Waals surface area contributed by atoms with E-state index in [0.29, 0.717) is 5.69 Å². The largest absolute Gasteiger partial charge is 0.481 e. The minimum absolute atomic E-state index is 0.0280. The van der Waals surface area contributed by atoms with Crippen molar-refractivity contribution in [1.82, 2.24) is 9.97 Å². The van der Waals surface area contributed by atoms with Crippen LogP contribution in [0.1, 0.15) is 6.92 Å². The van der Waals surface area contributed by atoms with E-state index in [-0.39, 0.29) is 28.0 Å². The molecule has 0 radical (unpaired) electrons. The van der Waals surface area contributed by atoms with Crippen molar-refractivity contribution in [2.45, 2.75) is 17.9 Å². The van der Waals surface area contributed by atoms with Crippen LogP contribution in [0.2, 0.25) is 0 Å². The van der Waals surface area contributed by atoms with Gasteiger partial charge in [0.2, 0.25) is 5.88 Å². The van der Waals surface area contributed by atoms with Crippen LogP contribution in [0.4, 0.5) is 17.2 Å². The lowest BCUT2D eigenvalue weighted by atomic mass is 10.2. The highest BCUT2D eigenvalue weighted by molar-refractivity contribution is 7.92. The second-order valence-electron chi connectivity index (χ2n) is 6.55. The number of aromatic nitrogens is 2. The molecule has 1 amide bonds. The van der Waals surface area contributed by atoms with Gasteiger partial charge >= 0.3 is 5.69 Å². The zero-order valence-corrected chi connectivity index (χ0v) is 18.3. The van der Waals surface area contributed by atoms with Crippen LogP contribution in [0, 0.1) is 10.1 Å². The first kappa shape index (κ1) is 23.4. The lowest BCUT2D eigenvalue weighted by Crippen LogP contribution is -2.30. The highest BCUT2D eigenvalue weighted by Crippen LogP contribution is 2.27. The molecule has 0 spiro atoms. The Kier molecular flexibility index (Phi) is 7.03. The van der Waals surface area contributed by atoms with Crippen LogP contribution >= 0.6 is 0 Å². The van der Waals surface area contributed by atoms with Gasteiger partial charge in [0.15, 0.2) is 11.9 Å². The molecule has 13 heteroatoms. The van der Waals surface area contributed by atoms with E-state index in [9.17, 15) is 23.3 Å². The van der Waals surface area contributed by atoms with Crippen molar-refractivity contribution >= 4 is 33.1 Å². The summed E-state index contributed by atoms with van der Waals surface area (Å²) in [4.78, 5) is 30.5. The lowest BCUT2D eigenvalue weighted by molar-refractivity contribution is -0.386. The van der Waals surface area contributed by atoms with Crippen LogP contribution < -0.4 is 19.5 Å². The second kappa shape index (κ2) is 9.91. The monoisotopic (exact) mass is 473 g/mol. The minimum Gasteiger partial charge on any atom is -0.481 e. The zero-order valence-electron chi connectivity index (χ0n) is 17.5. The molecule has 12 nitrogen and oxygen atoms in total. The number of hydrogen-bond acceptors (Lipinski definition) is 9. The van der Waals surface area contributed by atoms with Gasteiger partial charge in [-0.15, -0.1) is 0 Å². The zero-order chi connectivity index (χ0) is 24.0. The molecule has 0 bridgehead atoms. The number of rotatable bonds is 9. The molecule has 0 saturated carbocycles. The number of para-hydroxylation sites is 2. The Labute approximate surface area is 188 Å². The Morgan fingerprint density at radius 1 is 1.12 bits per heavy atom. The number of carbonyl (C=O) groups is 1. The first-order valence-corrected chi connectivity index (χ1v) is 10.9. The first-order valence-electron chi connectivity index (χ1n) is 9.39. The van der Waals surface area contributed by atoms with Gasteiger partial charge < -0.3 is 14.8 Å². The third-order valence-electron chi connectivity index (χ3n) is 4.26. The first-order chi connectivity index (χ1) is 15.7. The Morgan fingerprint density at radius 2 is 1.82 bits per heavy atom. The average Bonchev–Trinajstić information content (AvgIpc) is 2.79. The third kappa shape index (κ3) is 5.92. The Morgan fingerprint density at radius 3 is 2.48 bits per heavy atom. The standard InChI is InChI=1S/C20H19N5O7S/c1-13(32-17-6-4-3-5-16(17)25(27)28)20(26)23-14-7-9-15(10-8-14)33(29,30)24-18-11-19(31-2)22-12-21-18/h3-13H,1-2H3,(H,23,26)(H,21,22,24). The van der Waals surface area contributed by atoms with E-state index in [4.69, 9.17) is 9.47 Å². The summed E-state index contributed by atoms with van der Waals surface area (Å²) < 4.78 is 37.8. The van der Waals surface area contributed by atoms with Crippen molar-refractivity contribution in [3.05, 3.63) is 71.0 Å². The van der Waals surface area contributed by atoms with E-state index in [1.165, 1.54) is 62.6 Å². The minimum atomic E-state index is -3.95. The Hall–Kier alpha value is -4.26. The highest BCUT2D eigenvalue weighted by atomic mass is 32.2. The van der Waals surface area contributed by atoms with Crippen molar-refractivity contribution in [2.24, 2.45) is 0 Å². The van der Waals surface area contributed by atoms with E-state index in [1.54, 1.807) is 6.07 Å². The van der Waals surface area contributed by atoms with Crippen LogP contribution in [-0.2, 0) is 14.8 Å². The molecule has 0 fully saturated rings. The molecule has 1 heterocycles. The molecule has 0 saturated heterocycles. The van der Waals surface area contributed by atoms with Crippen LogP contribution in [0.3, 0.4) is 0 Å². The maximum absolute atomic E-state index is 12.6. The summed E-state index contributed by atoms with van der Waals surface area (Å²) in [6.07, 6.45) is 0.103. The number of amides is 1. The summed E-state index contributed by atoms with van der Waals surface area (Å²) in [5.74, 6) is -0.396. The smallest absolute Gasteiger partial charge is 0.310 e. The molecule has 2 N–H and O–H groups in total. The molecule has 172 valence electrons. The van der Waals surface area contributed by atoms with E-state index in [2.05, 4.69) is 20.0 Å². The Bertz CT molecular complexity index is 1270. The van der Waals surface area contributed by atoms with E-state index in [0.717, 1.165) is 6.33 Å². The normalized spacial score (nSPS) is 11.8. The van der Waals surface area contributed by atoms with Crippen molar-refractivity contribution in [1.29, 1.82) is 0 Å². The number of sulfonamides is 1. The predicted molar refractivity (Wildman–Crippen MR) is 118 cm³/mol. The number of methoxy groups -OCH3 is 1. The van der Waals surface area contributed by atoms with Gasteiger partial charge in [0.05, 0.1) is 16.9 Å². The second-order valence-corrected chi connectivity index (χ2v) is 8.23. The SMILES string of the molecule is COc1cc(NS(=O)(=O)c2ccc(NC(=O)C(C)Oc3ccccc3[N+](=O)[O-])cc2)ncn1. The number of anilines is 2. The lowest BCUT2D eigenvalue weighted by Gasteiger charge is -2.15. The average molecular weight is 473 g/mol. The van der Waals surface area contributed by atoms with Gasteiger partial charge in [-0.25, -0.2) is 18.4 Å². The number of nitrogens with one attached hydrogen (secondary N) is 2. The van der Waals surface area contributed by atoms with Gasteiger partial charge in [0.25, 0.3) is 15.9 Å². The molecule has 33 heavy (non-hydrogen) atoms. The van der Waals surface area contributed by atoms with Crippen LogP contribution in [0.15, 0.2) is 65.8 Å². The predicted octanol–water partition coefficient (Wildman–Crippen LogP) is 2.60. The summed E-state index contributed by atoms with van der Waals surface area (Å²) in [7, 11) is -2.56. The van der Waals surface area contributed by atoms with Gasteiger partial charge in [0.1, 0.15) is 12.1 Å². The topological polar surface area (TPSA) is 163 Å². The molecule has 0 aliphatic rings. The summed E-state index contributed by atoms with van der Waals surface area (Å²) in [6, 6.07) is 12.4. The van der Waals surface area contributed by atoms with E-state index < -0.39 is 27.0 Å². The molecule has 1 aromatic heterocycles. The molecule has 3 aromatic rings. The molecule has 0 aliphatic carbocycles.